The minimum atomic E-state index is 1.04. The van der Waals surface area contributed by atoms with Crippen molar-refractivity contribution in [2.24, 2.45) is 0 Å². The summed E-state index contributed by atoms with van der Waals surface area (Å²) in [7, 11) is 0. The molecule has 0 nitrogen and oxygen atoms in total. The number of benzene rings is 4. The van der Waals surface area contributed by atoms with Crippen LogP contribution in [-0.4, -0.2) is 0 Å². The first-order valence-corrected chi connectivity index (χ1v) is 13.5. The second-order valence-electron chi connectivity index (χ2n) is 9.74. The first-order valence-electron chi connectivity index (χ1n) is 13.5. The van der Waals surface area contributed by atoms with Crippen LogP contribution in [0.25, 0.3) is 22.8 Å². The van der Waals surface area contributed by atoms with E-state index in [1.54, 1.807) is 0 Å². The van der Waals surface area contributed by atoms with Crippen molar-refractivity contribution in [1.29, 1.82) is 0 Å². The normalized spacial score (nSPS) is 13.9. The Balaban J connectivity index is 1.79. The Labute approximate surface area is 217 Å². The molecule has 36 heavy (non-hydrogen) atoms. The van der Waals surface area contributed by atoms with Gasteiger partial charge < -0.3 is 0 Å². The van der Waals surface area contributed by atoms with Crippen LogP contribution < -0.4 is 0 Å². The van der Waals surface area contributed by atoms with Gasteiger partial charge >= 0.3 is 0 Å². The van der Waals surface area contributed by atoms with E-state index in [4.69, 9.17) is 0 Å². The number of hydrogen-bond donors (Lipinski definition) is 0. The van der Waals surface area contributed by atoms with E-state index in [0.29, 0.717) is 0 Å². The van der Waals surface area contributed by atoms with Gasteiger partial charge in [-0.3, -0.25) is 0 Å². The summed E-state index contributed by atoms with van der Waals surface area (Å²) in [4.78, 5) is 0. The second kappa shape index (κ2) is 10.5. The summed E-state index contributed by atoms with van der Waals surface area (Å²) >= 11 is 0. The van der Waals surface area contributed by atoms with E-state index in [2.05, 4.69) is 125 Å². The molecule has 0 spiro atoms. The SMILES string of the molecule is CCc1ccc(/C=C2/C(c3ccc(CC)cc3)=C(c3ccc(CC)cc3)c3cc(CC)ccc32)cc1. The third kappa shape index (κ3) is 4.61. The van der Waals surface area contributed by atoms with Gasteiger partial charge in [-0.15, -0.1) is 0 Å². The van der Waals surface area contributed by atoms with E-state index in [1.807, 2.05) is 0 Å². The Morgan fingerprint density at radius 3 is 1.39 bits per heavy atom. The van der Waals surface area contributed by atoms with E-state index < -0.39 is 0 Å². The Morgan fingerprint density at radius 2 is 0.889 bits per heavy atom. The molecule has 0 radical (unpaired) electrons. The zero-order chi connectivity index (χ0) is 25.1. The predicted octanol–water partition coefficient (Wildman–Crippen LogP) is 9.45. The van der Waals surface area contributed by atoms with Crippen LogP contribution >= 0.6 is 0 Å². The summed E-state index contributed by atoms with van der Waals surface area (Å²) in [6.07, 6.45) is 6.59. The van der Waals surface area contributed by atoms with Crippen molar-refractivity contribution in [2.75, 3.05) is 0 Å². The van der Waals surface area contributed by atoms with Gasteiger partial charge in [0.25, 0.3) is 0 Å². The van der Waals surface area contributed by atoms with E-state index >= 15 is 0 Å². The highest BCUT2D eigenvalue weighted by Crippen LogP contribution is 2.50. The van der Waals surface area contributed by atoms with Gasteiger partial charge in [0.05, 0.1) is 0 Å². The molecule has 180 valence electrons. The van der Waals surface area contributed by atoms with Gasteiger partial charge in [0.2, 0.25) is 0 Å². The van der Waals surface area contributed by atoms with Crippen LogP contribution in [-0.2, 0) is 25.7 Å². The fourth-order valence-electron chi connectivity index (χ4n) is 5.24. The standard InChI is InChI=1S/C36H36/c1-5-25-9-11-29(12-10-25)24-34-32-22-17-28(8-4)23-33(32)35(30-18-13-26(6-2)14-19-30)36(34)31-20-15-27(7-3)16-21-31/h9-24H,5-8H2,1-4H3/b34-24+. The number of allylic oxidation sites excluding steroid dienone is 2. The van der Waals surface area contributed by atoms with Gasteiger partial charge in [0.1, 0.15) is 0 Å². The third-order valence-electron chi connectivity index (χ3n) is 7.57. The number of hydrogen-bond acceptors (Lipinski definition) is 0. The minimum absolute atomic E-state index is 1.04. The average Bonchev–Trinajstić information content (AvgIpc) is 3.26. The molecule has 0 heteroatoms. The highest BCUT2D eigenvalue weighted by Gasteiger charge is 2.28. The fraction of sp³-hybridized carbons (Fsp3) is 0.222. The molecule has 0 unspecified atom stereocenters. The molecule has 0 amide bonds. The molecule has 1 aliphatic rings. The highest BCUT2D eigenvalue weighted by atomic mass is 14.3. The molecule has 0 N–H and O–H groups in total. The number of fused-ring (bicyclic) bond motifs is 1. The van der Waals surface area contributed by atoms with Gasteiger partial charge in [0, 0.05) is 0 Å². The smallest absolute Gasteiger partial charge is 0.00201 e. The molecule has 0 fully saturated rings. The summed E-state index contributed by atoms with van der Waals surface area (Å²) in [6.45, 7) is 8.89. The van der Waals surface area contributed by atoms with Crippen molar-refractivity contribution in [1.82, 2.24) is 0 Å². The monoisotopic (exact) mass is 468 g/mol. The van der Waals surface area contributed by atoms with Crippen LogP contribution in [0, 0.1) is 0 Å². The average molecular weight is 469 g/mol. The Hall–Kier alpha value is -3.64. The largest absolute Gasteiger partial charge is 0.0613 e. The topological polar surface area (TPSA) is 0 Å². The molecule has 4 aromatic carbocycles. The van der Waals surface area contributed by atoms with Crippen LogP contribution in [0.3, 0.4) is 0 Å². The van der Waals surface area contributed by atoms with Crippen molar-refractivity contribution in [2.45, 2.75) is 53.4 Å². The quantitative estimate of drug-likeness (QED) is 0.253. The van der Waals surface area contributed by atoms with Gasteiger partial charge in [-0.2, -0.15) is 0 Å². The Bertz CT molecular complexity index is 1410. The number of rotatable bonds is 7. The van der Waals surface area contributed by atoms with Crippen LogP contribution in [0.4, 0.5) is 0 Å². The van der Waals surface area contributed by atoms with E-state index in [0.717, 1.165) is 25.7 Å². The zero-order valence-corrected chi connectivity index (χ0v) is 22.1. The van der Waals surface area contributed by atoms with Crippen molar-refractivity contribution in [3.63, 3.8) is 0 Å². The first-order chi connectivity index (χ1) is 17.6. The first kappa shape index (κ1) is 24.1. The summed E-state index contributed by atoms with van der Waals surface area (Å²) in [6, 6.07) is 34.5. The van der Waals surface area contributed by atoms with Gasteiger partial charge in [0.15, 0.2) is 0 Å². The van der Waals surface area contributed by atoms with Gasteiger partial charge in [-0.1, -0.05) is 119 Å². The molecular formula is C36H36. The molecule has 1 aliphatic carbocycles. The van der Waals surface area contributed by atoms with E-state index in [9.17, 15) is 0 Å². The van der Waals surface area contributed by atoms with Crippen molar-refractivity contribution >= 4 is 22.8 Å². The summed E-state index contributed by atoms with van der Waals surface area (Å²) < 4.78 is 0. The maximum Gasteiger partial charge on any atom is -0.00201 e. The van der Waals surface area contributed by atoms with Crippen LogP contribution in [0.5, 0.6) is 0 Å². The molecule has 0 saturated heterocycles. The van der Waals surface area contributed by atoms with Crippen molar-refractivity contribution in [3.8, 4) is 0 Å². The van der Waals surface area contributed by atoms with E-state index in [-0.39, 0.29) is 0 Å². The summed E-state index contributed by atoms with van der Waals surface area (Å²) in [5, 5.41) is 0. The highest BCUT2D eigenvalue weighted by molar-refractivity contribution is 6.27. The lowest BCUT2D eigenvalue weighted by Crippen LogP contribution is -1.92. The summed E-state index contributed by atoms with van der Waals surface area (Å²) in [5.74, 6) is 0. The maximum atomic E-state index is 2.42. The zero-order valence-electron chi connectivity index (χ0n) is 22.1. The van der Waals surface area contributed by atoms with Crippen LogP contribution in [0.2, 0.25) is 0 Å². The van der Waals surface area contributed by atoms with Gasteiger partial charge in [-0.05, 0) is 98.5 Å². The molecule has 0 atom stereocenters. The van der Waals surface area contributed by atoms with Crippen molar-refractivity contribution in [3.05, 3.63) is 141 Å². The van der Waals surface area contributed by atoms with Crippen LogP contribution in [0.15, 0.2) is 91.0 Å². The lowest BCUT2D eigenvalue weighted by molar-refractivity contribution is 1.13. The fourth-order valence-corrected chi connectivity index (χ4v) is 5.24. The Kier molecular flexibility index (Phi) is 7.05. The third-order valence-corrected chi connectivity index (χ3v) is 7.57. The number of aryl methyl sites for hydroxylation is 4. The maximum absolute atomic E-state index is 2.42. The van der Waals surface area contributed by atoms with Gasteiger partial charge in [-0.25, -0.2) is 0 Å². The van der Waals surface area contributed by atoms with Crippen molar-refractivity contribution < 1.29 is 0 Å². The molecule has 0 aromatic heterocycles. The molecule has 0 saturated carbocycles. The predicted molar refractivity (Wildman–Crippen MR) is 157 cm³/mol. The van der Waals surface area contributed by atoms with E-state index in [1.165, 1.54) is 66.8 Å². The summed E-state index contributed by atoms with van der Waals surface area (Å²) in [5.41, 5.74) is 16.0. The Morgan fingerprint density at radius 1 is 0.444 bits per heavy atom. The molecule has 0 bridgehead atoms. The molecular weight excluding hydrogens is 432 g/mol. The lowest BCUT2D eigenvalue weighted by atomic mass is 9.91. The van der Waals surface area contributed by atoms with Crippen LogP contribution in [0.1, 0.15) is 77.8 Å². The molecule has 5 rings (SSSR count). The molecule has 0 heterocycles. The lowest BCUT2D eigenvalue weighted by Gasteiger charge is -2.13. The minimum Gasteiger partial charge on any atom is -0.0613 e. The second-order valence-corrected chi connectivity index (χ2v) is 9.74. The molecule has 0 aliphatic heterocycles. The molecule has 4 aromatic rings.